The molecule has 2 N–H and O–H groups in total. The van der Waals surface area contributed by atoms with Crippen molar-refractivity contribution in [1.29, 1.82) is 0 Å². The van der Waals surface area contributed by atoms with E-state index < -0.39 is 11.7 Å². The third-order valence-corrected chi connectivity index (χ3v) is 2.50. The lowest BCUT2D eigenvalue weighted by atomic mass is 10.1. The molecule has 1 aliphatic rings. The summed E-state index contributed by atoms with van der Waals surface area (Å²) >= 11 is 0. The Kier molecular flexibility index (Phi) is 3.43. The lowest BCUT2D eigenvalue weighted by molar-refractivity contribution is -0.131. The fraction of sp³-hybridized carbons (Fsp3) is 0.462. The van der Waals surface area contributed by atoms with Crippen molar-refractivity contribution in [2.45, 2.75) is 25.6 Å². The minimum atomic E-state index is -0.941. The van der Waals surface area contributed by atoms with E-state index in [1.165, 1.54) is 0 Å². The Balaban J connectivity index is 1.95. The van der Waals surface area contributed by atoms with Gasteiger partial charge >= 0.3 is 0 Å². The number of aliphatic hydroxyl groups is 1. The minimum absolute atomic E-state index is 0.174. The van der Waals surface area contributed by atoms with Crippen LogP contribution in [0.4, 0.5) is 0 Å². The molecular formula is C13H17NO4. The number of benzene rings is 1. The highest BCUT2D eigenvalue weighted by Crippen LogP contribution is 2.30. The molecule has 0 aromatic heterocycles. The van der Waals surface area contributed by atoms with Crippen molar-refractivity contribution in [3.8, 4) is 11.5 Å². The van der Waals surface area contributed by atoms with Gasteiger partial charge in [0.25, 0.3) is 5.91 Å². The second kappa shape index (κ2) is 4.86. The SMILES string of the molecule is CC(C)(O)CNC(=O)C1COc2ccccc2O1. The summed E-state index contributed by atoms with van der Waals surface area (Å²) in [7, 11) is 0. The van der Waals surface area contributed by atoms with Crippen LogP contribution in [-0.2, 0) is 4.79 Å². The number of hydrogen-bond donors (Lipinski definition) is 2. The number of carbonyl (C=O) groups is 1. The Hall–Kier alpha value is -1.75. The Morgan fingerprint density at radius 1 is 1.44 bits per heavy atom. The summed E-state index contributed by atoms with van der Waals surface area (Å²) in [6.07, 6.45) is -0.678. The lowest BCUT2D eigenvalue weighted by Crippen LogP contribution is -2.47. The molecule has 5 heteroatoms. The number of para-hydroxylation sites is 2. The highest BCUT2D eigenvalue weighted by atomic mass is 16.6. The van der Waals surface area contributed by atoms with Crippen molar-refractivity contribution >= 4 is 5.91 Å². The monoisotopic (exact) mass is 251 g/mol. The number of rotatable bonds is 3. The van der Waals surface area contributed by atoms with Crippen LogP contribution in [0.3, 0.4) is 0 Å². The van der Waals surface area contributed by atoms with Gasteiger partial charge in [-0.15, -0.1) is 0 Å². The van der Waals surface area contributed by atoms with Gasteiger partial charge in [-0.05, 0) is 26.0 Å². The summed E-state index contributed by atoms with van der Waals surface area (Å²) in [5.41, 5.74) is -0.941. The Labute approximate surface area is 106 Å². The molecule has 0 aliphatic carbocycles. The maximum absolute atomic E-state index is 11.8. The number of fused-ring (bicyclic) bond motifs is 1. The lowest BCUT2D eigenvalue weighted by Gasteiger charge is -2.26. The minimum Gasteiger partial charge on any atom is -0.485 e. The molecule has 2 rings (SSSR count). The zero-order chi connectivity index (χ0) is 13.2. The molecule has 1 aliphatic heterocycles. The number of hydrogen-bond acceptors (Lipinski definition) is 4. The van der Waals surface area contributed by atoms with E-state index in [9.17, 15) is 9.90 Å². The summed E-state index contributed by atoms with van der Waals surface area (Å²) in [5, 5.41) is 12.2. The molecule has 0 saturated carbocycles. The van der Waals surface area contributed by atoms with Gasteiger partial charge in [0.2, 0.25) is 6.10 Å². The molecule has 1 amide bonds. The molecule has 1 heterocycles. The van der Waals surface area contributed by atoms with Gasteiger partial charge in [0, 0.05) is 6.54 Å². The van der Waals surface area contributed by atoms with Crippen LogP contribution in [0.5, 0.6) is 11.5 Å². The van der Waals surface area contributed by atoms with E-state index in [1.54, 1.807) is 26.0 Å². The molecule has 0 saturated heterocycles. The predicted molar refractivity (Wildman–Crippen MR) is 65.7 cm³/mol. The third kappa shape index (κ3) is 3.13. The Bertz CT molecular complexity index is 439. The van der Waals surface area contributed by atoms with Crippen molar-refractivity contribution in [2.75, 3.05) is 13.2 Å². The maximum atomic E-state index is 11.8. The quantitative estimate of drug-likeness (QED) is 0.830. The van der Waals surface area contributed by atoms with Crippen LogP contribution in [-0.4, -0.2) is 35.9 Å². The van der Waals surface area contributed by atoms with E-state index in [2.05, 4.69) is 5.32 Å². The standard InChI is InChI=1S/C13H17NO4/c1-13(2,16)8-14-12(15)11-7-17-9-5-3-4-6-10(9)18-11/h3-6,11,16H,7-8H2,1-2H3,(H,14,15). The highest BCUT2D eigenvalue weighted by Gasteiger charge is 2.28. The fourth-order valence-electron chi connectivity index (χ4n) is 1.57. The van der Waals surface area contributed by atoms with Crippen LogP contribution >= 0.6 is 0 Å². The highest BCUT2D eigenvalue weighted by molar-refractivity contribution is 5.81. The van der Waals surface area contributed by atoms with Crippen molar-refractivity contribution in [2.24, 2.45) is 0 Å². The molecular weight excluding hydrogens is 234 g/mol. The van der Waals surface area contributed by atoms with Crippen molar-refractivity contribution < 1.29 is 19.4 Å². The van der Waals surface area contributed by atoms with Gasteiger partial charge in [-0.1, -0.05) is 12.1 Å². The molecule has 0 radical (unpaired) electrons. The number of nitrogens with one attached hydrogen (secondary N) is 1. The number of carbonyl (C=O) groups excluding carboxylic acids is 1. The van der Waals surface area contributed by atoms with Gasteiger partial charge < -0.3 is 19.9 Å². The predicted octanol–water partition coefficient (Wildman–Crippen LogP) is 0.713. The zero-order valence-electron chi connectivity index (χ0n) is 10.5. The summed E-state index contributed by atoms with van der Waals surface area (Å²) in [6, 6.07) is 7.21. The van der Waals surface area contributed by atoms with Crippen LogP contribution in [0.1, 0.15) is 13.8 Å². The molecule has 0 fully saturated rings. The van der Waals surface area contributed by atoms with Gasteiger partial charge in [0.05, 0.1) is 5.60 Å². The first-order chi connectivity index (χ1) is 8.46. The van der Waals surface area contributed by atoms with E-state index in [0.29, 0.717) is 11.5 Å². The smallest absolute Gasteiger partial charge is 0.264 e. The summed E-state index contributed by atoms with van der Waals surface area (Å²) in [4.78, 5) is 11.8. The molecule has 1 aromatic rings. The van der Waals surface area contributed by atoms with Gasteiger partial charge in [0.15, 0.2) is 11.5 Å². The first kappa shape index (κ1) is 12.7. The van der Waals surface area contributed by atoms with Crippen molar-refractivity contribution in [3.05, 3.63) is 24.3 Å². The molecule has 18 heavy (non-hydrogen) atoms. The number of amides is 1. The van der Waals surface area contributed by atoms with E-state index in [-0.39, 0.29) is 19.1 Å². The van der Waals surface area contributed by atoms with E-state index in [0.717, 1.165) is 0 Å². The Morgan fingerprint density at radius 3 is 2.78 bits per heavy atom. The molecule has 5 nitrogen and oxygen atoms in total. The molecule has 98 valence electrons. The topological polar surface area (TPSA) is 67.8 Å². The normalized spacial score (nSPS) is 18.3. The summed E-state index contributed by atoms with van der Waals surface area (Å²) in [6.45, 7) is 3.60. The molecule has 1 atom stereocenters. The largest absolute Gasteiger partial charge is 0.485 e. The van der Waals surface area contributed by atoms with Crippen LogP contribution in [0.25, 0.3) is 0 Å². The van der Waals surface area contributed by atoms with E-state index >= 15 is 0 Å². The molecule has 0 bridgehead atoms. The fourth-order valence-corrected chi connectivity index (χ4v) is 1.57. The second-order valence-corrected chi connectivity index (χ2v) is 4.89. The summed E-state index contributed by atoms with van der Waals surface area (Å²) < 4.78 is 11.0. The first-order valence-corrected chi connectivity index (χ1v) is 5.84. The van der Waals surface area contributed by atoms with Gasteiger partial charge in [-0.3, -0.25) is 4.79 Å². The van der Waals surface area contributed by atoms with Crippen LogP contribution in [0.15, 0.2) is 24.3 Å². The average Bonchev–Trinajstić information content (AvgIpc) is 2.34. The van der Waals surface area contributed by atoms with E-state index in [4.69, 9.17) is 9.47 Å². The van der Waals surface area contributed by atoms with Crippen LogP contribution in [0, 0.1) is 0 Å². The van der Waals surface area contributed by atoms with Gasteiger partial charge in [-0.25, -0.2) is 0 Å². The number of ether oxygens (including phenoxy) is 2. The first-order valence-electron chi connectivity index (χ1n) is 5.84. The van der Waals surface area contributed by atoms with Crippen LogP contribution in [0.2, 0.25) is 0 Å². The van der Waals surface area contributed by atoms with Gasteiger partial charge in [0.1, 0.15) is 6.61 Å². The summed E-state index contributed by atoms with van der Waals surface area (Å²) in [5.74, 6) is 0.919. The van der Waals surface area contributed by atoms with Crippen LogP contribution < -0.4 is 14.8 Å². The third-order valence-electron chi connectivity index (χ3n) is 2.50. The average molecular weight is 251 g/mol. The zero-order valence-corrected chi connectivity index (χ0v) is 10.5. The van der Waals surface area contributed by atoms with Gasteiger partial charge in [-0.2, -0.15) is 0 Å². The maximum Gasteiger partial charge on any atom is 0.264 e. The molecule has 0 spiro atoms. The Morgan fingerprint density at radius 2 is 2.11 bits per heavy atom. The molecule has 1 unspecified atom stereocenters. The van der Waals surface area contributed by atoms with Crippen molar-refractivity contribution in [3.63, 3.8) is 0 Å². The second-order valence-electron chi connectivity index (χ2n) is 4.89. The van der Waals surface area contributed by atoms with E-state index in [1.807, 2.05) is 12.1 Å². The van der Waals surface area contributed by atoms with Crippen molar-refractivity contribution in [1.82, 2.24) is 5.32 Å². The molecule has 1 aromatic carbocycles.